The number of aromatic nitrogens is 2. The van der Waals surface area contributed by atoms with Crippen LogP contribution in [0.2, 0.25) is 0 Å². The third-order valence-corrected chi connectivity index (χ3v) is 7.73. The molecule has 162 valence electrons. The Morgan fingerprint density at radius 1 is 1.03 bits per heavy atom. The number of halogens is 1. The van der Waals surface area contributed by atoms with Crippen LogP contribution >= 0.6 is 15.9 Å². The molecule has 0 spiro atoms. The van der Waals surface area contributed by atoms with Crippen LogP contribution in [0.25, 0.3) is 0 Å². The molecule has 4 rings (SSSR count). The van der Waals surface area contributed by atoms with Crippen molar-refractivity contribution in [1.82, 2.24) is 14.9 Å². The van der Waals surface area contributed by atoms with Crippen LogP contribution in [-0.4, -0.2) is 55.5 Å². The molecule has 0 saturated carbocycles. The Bertz CT molecular complexity index is 969. The summed E-state index contributed by atoms with van der Waals surface area (Å²) in [5.74, 6) is 0.680. The van der Waals surface area contributed by atoms with E-state index in [9.17, 15) is 8.42 Å². The van der Waals surface area contributed by atoms with E-state index in [2.05, 4.69) is 40.4 Å². The van der Waals surface area contributed by atoms with Gasteiger partial charge in [-0.3, -0.25) is 9.71 Å². The molecule has 7 nitrogen and oxygen atoms in total. The van der Waals surface area contributed by atoms with E-state index in [-0.39, 0.29) is 4.90 Å². The van der Waals surface area contributed by atoms with E-state index in [0.29, 0.717) is 17.5 Å². The van der Waals surface area contributed by atoms with Gasteiger partial charge in [0.2, 0.25) is 0 Å². The Morgan fingerprint density at radius 2 is 1.77 bits per heavy atom. The molecule has 0 radical (unpaired) electrons. The lowest BCUT2D eigenvalue weighted by Crippen LogP contribution is -2.47. The summed E-state index contributed by atoms with van der Waals surface area (Å²) in [7, 11) is -3.74. The van der Waals surface area contributed by atoms with E-state index in [0.717, 1.165) is 36.1 Å². The van der Waals surface area contributed by atoms with Crippen LogP contribution in [0.1, 0.15) is 37.8 Å². The number of hydrogen-bond acceptors (Lipinski definition) is 6. The van der Waals surface area contributed by atoms with E-state index in [1.807, 2.05) is 6.92 Å². The minimum absolute atomic E-state index is 0.142. The summed E-state index contributed by atoms with van der Waals surface area (Å²) < 4.78 is 29.3. The summed E-state index contributed by atoms with van der Waals surface area (Å²) in [5.41, 5.74) is 1.26. The molecule has 2 aliphatic rings. The van der Waals surface area contributed by atoms with Crippen molar-refractivity contribution in [2.75, 3.05) is 35.8 Å². The highest BCUT2D eigenvalue weighted by Crippen LogP contribution is 2.32. The molecule has 30 heavy (non-hydrogen) atoms. The average Bonchev–Trinajstić information content (AvgIpc) is 2.75. The molecule has 0 bridgehead atoms. The molecule has 2 fully saturated rings. The second-order valence-electron chi connectivity index (χ2n) is 8.08. The molecule has 0 aromatic carbocycles. The monoisotopic (exact) mass is 493 g/mol. The summed E-state index contributed by atoms with van der Waals surface area (Å²) in [5, 5.41) is 0. The largest absolute Gasteiger partial charge is 0.355 e. The summed E-state index contributed by atoms with van der Waals surface area (Å²) in [6.45, 7) is 5.98. The maximum Gasteiger partial charge on any atom is 0.263 e. The van der Waals surface area contributed by atoms with E-state index in [1.165, 1.54) is 38.5 Å². The fraction of sp³-hybridized carbons (Fsp3) is 0.524. The standard InChI is InChI=1S/C21H28BrN5O2S/c1-16-5-6-19(15-23-16)30(28,29)25-20-13-17(22)14-24-21(20)27-11-7-18(8-12-27)26-9-3-2-4-10-26/h5-6,13-15,18,25H,2-4,7-12H2,1H3. The van der Waals surface area contributed by atoms with Crippen LogP contribution in [0.4, 0.5) is 11.5 Å². The van der Waals surface area contributed by atoms with Gasteiger partial charge in [-0.25, -0.2) is 13.4 Å². The third kappa shape index (κ3) is 4.95. The van der Waals surface area contributed by atoms with Crippen molar-refractivity contribution >= 4 is 37.5 Å². The molecule has 0 amide bonds. The first-order valence-corrected chi connectivity index (χ1v) is 12.8. The highest BCUT2D eigenvalue weighted by molar-refractivity contribution is 9.10. The second-order valence-corrected chi connectivity index (χ2v) is 10.7. The second kappa shape index (κ2) is 9.20. The van der Waals surface area contributed by atoms with Crippen molar-refractivity contribution < 1.29 is 8.42 Å². The van der Waals surface area contributed by atoms with E-state index < -0.39 is 10.0 Å². The first-order chi connectivity index (χ1) is 14.4. The molecule has 2 aromatic rings. The summed E-state index contributed by atoms with van der Waals surface area (Å²) in [6, 6.07) is 5.66. The predicted octanol–water partition coefficient (Wildman–Crippen LogP) is 3.80. The van der Waals surface area contributed by atoms with Gasteiger partial charge in [0.15, 0.2) is 5.82 Å². The van der Waals surface area contributed by atoms with Gasteiger partial charge < -0.3 is 9.80 Å². The minimum atomic E-state index is -3.74. The van der Waals surface area contributed by atoms with Crippen LogP contribution in [0.15, 0.2) is 40.0 Å². The number of sulfonamides is 1. The maximum absolute atomic E-state index is 12.9. The number of nitrogens with one attached hydrogen (secondary N) is 1. The van der Waals surface area contributed by atoms with Gasteiger partial charge in [-0.15, -0.1) is 0 Å². The predicted molar refractivity (Wildman–Crippen MR) is 122 cm³/mol. The minimum Gasteiger partial charge on any atom is -0.355 e. The fourth-order valence-electron chi connectivity index (χ4n) is 4.30. The van der Waals surface area contributed by atoms with Crippen LogP contribution in [0, 0.1) is 6.92 Å². The Hall–Kier alpha value is -1.71. The Labute approximate surface area is 187 Å². The van der Waals surface area contributed by atoms with Crippen molar-refractivity contribution in [3.63, 3.8) is 0 Å². The van der Waals surface area contributed by atoms with Crippen LogP contribution in [0.3, 0.4) is 0 Å². The van der Waals surface area contributed by atoms with Gasteiger partial charge >= 0.3 is 0 Å². The molecule has 0 unspecified atom stereocenters. The molecular weight excluding hydrogens is 466 g/mol. The zero-order valence-electron chi connectivity index (χ0n) is 17.2. The zero-order chi connectivity index (χ0) is 21.1. The first-order valence-electron chi connectivity index (χ1n) is 10.5. The molecule has 0 atom stereocenters. The lowest BCUT2D eigenvalue weighted by Gasteiger charge is -2.40. The summed E-state index contributed by atoms with van der Waals surface area (Å²) in [6.07, 6.45) is 9.20. The van der Waals surface area contributed by atoms with Crippen LogP contribution < -0.4 is 9.62 Å². The van der Waals surface area contributed by atoms with Crippen molar-refractivity contribution in [3.8, 4) is 0 Å². The Kier molecular flexibility index (Phi) is 6.60. The third-order valence-electron chi connectivity index (χ3n) is 5.94. The molecule has 2 saturated heterocycles. The number of pyridine rings is 2. The SMILES string of the molecule is Cc1ccc(S(=O)(=O)Nc2cc(Br)cnc2N2CCC(N3CCCCC3)CC2)cn1. The number of piperidine rings is 2. The number of aryl methyl sites for hydroxylation is 1. The van der Waals surface area contributed by atoms with Crippen LogP contribution in [0.5, 0.6) is 0 Å². The number of hydrogen-bond donors (Lipinski definition) is 1. The molecule has 2 aromatic heterocycles. The number of nitrogens with zero attached hydrogens (tertiary/aromatic N) is 4. The highest BCUT2D eigenvalue weighted by Gasteiger charge is 2.28. The lowest BCUT2D eigenvalue weighted by molar-refractivity contribution is 0.141. The van der Waals surface area contributed by atoms with Crippen molar-refractivity contribution in [2.45, 2.75) is 50.0 Å². The van der Waals surface area contributed by atoms with E-state index in [1.54, 1.807) is 24.4 Å². The van der Waals surface area contributed by atoms with Crippen molar-refractivity contribution in [1.29, 1.82) is 0 Å². The maximum atomic E-state index is 12.9. The van der Waals surface area contributed by atoms with Gasteiger partial charge in [-0.2, -0.15) is 0 Å². The Morgan fingerprint density at radius 3 is 2.43 bits per heavy atom. The fourth-order valence-corrected chi connectivity index (χ4v) is 5.63. The summed E-state index contributed by atoms with van der Waals surface area (Å²) in [4.78, 5) is 13.6. The van der Waals surface area contributed by atoms with Gasteiger partial charge in [-0.05, 0) is 79.8 Å². The van der Waals surface area contributed by atoms with E-state index >= 15 is 0 Å². The molecule has 2 aliphatic heterocycles. The van der Waals surface area contributed by atoms with Gasteiger partial charge in [0.25, 0.3) is 10.0 Å². The number of anilines is 2. The van der Waals surface area contributed by atoms with Gasteiger partial charge in [-0.1, -0.05) is 6.42 Å². The van der Waals surface area contributed by atoms with Crippen molar-refractivity contribution in [3.05, 3.63) is 40.8 Å². The topological polar surface area (TPSA) is 78.4 Å². The van der Waals surface area contributed by atoms with Gasteiger partial charge in [0.1, 0.15) is 4.90 Å². The average molecular weight is 494 g/mol. The molecule has 4 heterocycles. The van der Waals surface area contributed by atoms with Gasteiger partial charge in [0.05, 0.1) is 5.69 Å². The summed E-state index contributed by atoms with van der Waals surface area (Å²) >= 11 is 3.42. The van der Waals surface area contributed by atoms with Crippen molar-refractivity contribution in [2.24, 2.45) is 0 Å². The Balaban J connectivity index is 1.50. The van der Waals surface area contributed by atoms with Crippen LogP contribution in [-0.2, 0) is 10.0 Å². The zero-order valence-corrected chi connectivity index (χ0v) is 19.6. The highest BCUT2D eigenvalue weighted by atomic mass is 79.9. The first kappa shape index (κ1) is 21.5. The lowest BCUT2D eigenvalue weighted by atomic mass is 10.00. The molecule has 1 N–H and O–H groups in total. The van der Waals surface area contributed by atoms with E-state index in [4.69, 9.17) is 0 Å². The normalized spacial score (nSPS) is 19.1. The number of likely N-dealkylation sites (tertiary alicyclic amines) is 1. The molecule has 9 heteroatoms. The molecular formula is C21H28BrN5O2S. The van der Waals surface area contributed by atoms with Gasteiger partial charge in [0, 0.05) is 41.7 Å². The number of rotatable bonds is 5. The quantitative estimate of drug-likeness (QED) is 0.682. The molecule has 0 aliphatic carbocycles. The smallest absolute Gasteiger partial charge is 0.263 e.